The van der Waals surface area contributed by atoms with Gasteiger partial charge in [-0.25, -0.2) is 17.5 Å². The van der Waals surface area contributed by atoms with Crippen molar-refractivity contribution in [2.24, 2.45) is 0 Å². The maximum atomic E-state index is 13.0. The number of aromatic nitrogens is 3. The van der Waals surface area contributed by atoms with E-state index in [0.717, 1.165) is 35.8 Å². The Hall–Kier alpha value is -3.31. The Bertz CT molecular complexity index is 1240. The summed E-state index contributed by atoms with van der Waals surface area (Å²) in [6.45, 7) is 1.76. The summed E-state index contributed by atoms with van der Waals surface area (Å²) in [5, 5.41) is 3.95. The van der Waals surface area contributed by atoms with E-state index in [1.165, 1.54) is 26.2 Å². The number of carbonyl (C=O) groups excluding carboxylic acids is 1. The largest absolute Gasteiger partial charge is 0.462 e. The highest BCUT2D eigenvalue weighted by Gasteiger charge is 2.25. The molecule has 0 atom stereocenters. The maximum absolute atomic E-state index is 13.0. The van der Waals surface area contributed by atoms with E-state index >= 15 is 0 Å². The van der Waals surface area contributed by atoms with Gasteiger partial charge >= 0.3 is 5.97 Å². The van der Waals surface area contributed by atoms with Gasteiger partial charge in [0.2, 0.25) is 21.7 Å². The first-order chi connectivity index (χ1) is 16.4. The van der Waals surface area contributed by atoms with E-state index in [1.807, 2.05) is 6.07 Å². The van der Waals surface area contributed by atoms with Gasteiger partial charge < -0.3 is 14.2 Å². The van der Waals surface area contributed by atoms with Gasteiger partial charge in [-0.3, -0.25) is 4.98 Å². The number of ether oxygens (including phenoxy) is 1. The van der Waals surface area contributed by atoms with Gasteiger partial charge in [-0.05, 0) is 49.6 Å². The van der Waals surface area contributed by atoms with Crippen molar-refractivity contribution < 1.29 is 22.5 Å². The SMILES string of the molecule is CN(C)S(=O)(=O)c1ccc(N2CCCC2)c(C(=O)OCCCc2nc(-c3cccnc3)no2)c1. The molecule has 1 aliphatic rings. The molecule has 0 spiro atoms. The number of sulfonamides is 1. The zero-order valence-corrected chi connectivity index (χ0v) is 20.0. The molecule has 1 aromatic carbocycles. The number of anilines is 1. The second-order valence-electron chi connectivity index (χ2n) is 8.15. The summed E-state index contributed by atoms with van der Waals surface area (Å²) in [6.07, 6.45) is 6.29. The zero-order valence-electron chi connectivity index (χ0n) is 19.2. The van der Waals surface area contributed by atoms with Crippen LogP contribution >= 0.6 is 0 Å². The van der Waals surface area contributed by atoms with Crippen LogP contribution in [0.4, 0.5) is 5.69 Å². The second kappa shape index (κ2) is 10.3. The molecule has 0 amide bonds. The lowest BCUT2D eigenvalue weighted by molar-refractivity contribution is 0.0499. The predicted molar refractivity (Wildman–Crippen MR) is 125 cm³/mol. The van der Waals surface area contributed by atoms with Crippen molar-refractivity contribution in [3.63, 3.8) is 0 Å². The summed E-state index contributed by atoms with van der Waals surface area (Å²) in [5.74, 6) is 0.334. The molecule has 1 aliphatic heterocycles. The minimum Gasteiger partial charge on any atom is -0.462 e. The van der Waals surface area contributed by atoms with Crippen molar-refractivity contribution in [2.75, 3.05) is 38.7 Å². The van der Waals surface area contributed by atoms with E-state index in [2.05, 4.69) is 20.0 Å². The maximum Gasteiger partial charge on any atom is 0.340 e. The van der Waals surface area contributed by atoms with Crippen molar-refractivity contribution in [3.05, 3.63) is 54.2 Å². The fourth-order valence-corrected chi connectivity index (χ4v) is 4.65. The molecule has 0 bridgehead atoms. The zero-order chi connectivity index (χ0) is 24.1. The van der Waals surface area contributed by atoms with Gasteiger partial charge in [-0.1, -0.05) is 5.16 Å². The summed E-state index contributed by atoms with van der Waals surface area (Å²) in [5.41, 5.74) is 1.70. The van der Waals surface area contributed by atoms with E-state index < -0.39 is 16.0 Å². The topological polar surface area (TPSA) is 119 Å². The Morgan fingerprint density at radius 3 is 2.71 bits per heavy atom. The molecule has 10 nitrogen and oxygen atoms in total. The summed E-state index contributed by atoms with van der Waals surface area (Å²) >= 11 is 0. The average Bonchev–Trinajstić information content (AvgIpc) is 3.54. The number of aryl methyl sites for hydroxylation is 1. The molecule has 0 radical (unpaired) electrons. The Morgan fingerprint density at radius 1 is 1.21 bits per heavy atom. The molecule has 0 saturated carbocycles. The van der Waals surface area contributed by atoms with Crippen LogP contribution in [0.5, 0.6) is 0 Å². The van der Waals surface area contributed by atoms with Crippen molar-refractivity contribution in [1.29, 1.82) is 0 Å². The van der Waals surface area contributed by atoms with Crippen LogP contribution in [-0.2, 0) is 21.2 Å². The van der Waals surface area contributed by atoms with Crippen molar-refractivity contribution >= 4 is 21.7 Å². The van der Waals surface area contributed by atoms with Crippen molar-refractivity contribution in [3.8, 4) is 11.4 Å². The van der Waals surface area contributed by atoms with Crippen LogP contribution in [0.2, 0.25) is 0 Å². The van der Waals surface area contributed by atoms with E-state index in [9.17, 15) is 13.2 Å². The van der Waals surface area contributed by atoms with Gasteiger partial charge in [0.15, 0.2) is 0 Å². The molecule has 3 aromatic rings. The Balaban J connectivity index is 1.42. The molecule has 0 aliphatic carbocycles. The van der Waals surface area contributed by atoms with Crippen LogP contribution in [0, 0.1) is 0 Å². The van der Waals surface area contributed by atoms with Gasteiger partial charge in [-0.15, -0.1) is 0 Å². The summed E-state index contributed by atoms with van der Waals surface area (Å²) in [6, 6.07) is 8.27. The number of benzene rings is 1. The van der Waals surface area contributed by atoms with Gasteiger partial charge in [0.25, 0.3) is 0 Å². The fraction of sp³-hybridized carbons (Fsp3) is 0.391. The average molecular weight is 486 g/mol. The van der Waals surface area contributed by atoms with Crippen LogP contribution < -0.4 is 4.90 Å². The highest BCUT2D eigenvalue weighted by Crippen LogP contribution is 2.29. The van der Waals surface area contributed by atoms with E-state index in [4.69, 9.17) is 9.26 Å². The third-order valence-corrected chi connectivity index (χ3v) is 7.38. The summed E-state index contributed by atoms with van der Waals surface area (Å²) < 4.78 is 37.1. The molecule has 0 N–H and O–H groups in total. The van der Waals surface area contributed by atoms with Crippen LogP contribution in [0.1, 0.15) is 35.5 Å². The first-order valence-electron chi connectivity index (χ1n) is 11.1. The van der Waals surface area contributed by atoms with Crippen LogP contribution in [-0.4, -0.2) is 67.6 Å². The second-order valence-corrected chi connectivity index (χ2v) is 10.3. The van der Waals surface area contributed by atoms with Gasteiger partial charge in [0, 0.05) is 51.6 Å². The molecule has 11 heteroatoms. The van der Waals surface area contributed by atoms with E-state index in [0.29, 0.717) is 30.2 Å². The van der Waals surface area contributed by atoms with E-state index in [1.54, 1.807) is 24.5 Å². The number of rotatable bonds is 9. The third-order valence-electron chi connectivity index (χ3n) is 5.57. The number of hydrogen-bond donors (Lipinski definition) is 0. The van der Waals surface area contributed by atoms with Gasteiger partial charge in [0.05, 0.1) is 22.8 Å². The van der Waals surface area contributed by atoms with Crippen LogP contribution in [0.15, 0.2) is 52.1 Å². The van der Waals surface area contributed by atoms with Crippen molar-refractivity contribution in [1.82, 2.24) is 19.4 Å². The highest BCUT2D eigenvalue weighted by molar-refractivity contribution is 7.89. The minimum atomic E-state index is -3.68. The molecule has 34 heavy (non-hydrogen) atoms. The number of hydrogen-bond acceptors (Lipinski definition) is 9. The smallest absolute Gasteiger partial charge is 0.340 e. The summed E-state index contributed by atoms with van der Waals surface area (Å²) in [7, 11) is -0.765. The van der Waals surface area contributed by atoms with Crippen LogP contribution in [0.25, 0.3) is 11.4 Å². The van der Waals surface area contributed by atoms with E-state index in [-0.39, 0.29) is 17.1 Å². The standard InChI is InChI=1S/C23H27N5O5S/c1-27(2)34(30,31)18-9-10-20(28-12-3-4-13-28)19(15-18)23(29)32-14-6-8-21-25-22(26-33-21)17-7-5-11-24-16-17/h5,7,9-11,15-16H,3-4,6,8,12-14H2,1-2H3. The fourth-order valence-electron chi connectivity index (χ4n) is 3.72. The first-order valence-corrected chi connectivity index (χ1v) is 12.5. The molecule has 0 unspecified atom stereocenters. The summed E-state index contributed by atoms with van der Waals surface area (Å²) in [4.78, 5) is 23.5. The molecular weight excluding hydrogens is 458 g/mol. The molecule has 2 aromatic heterocycles. The van der Waals surface area contributed by atoms with Crippen molar-refractivity contribution in [2.45, 2.75) is 30.6 Å². The number of nitrogens with zero attached hydrogens (tertiary/aromatic N) is 5. The number of pyridine rings is 1. The lowest BCUT2D eigenvalue weighted by atomic mass is 10.1. The molecule has 4 rings (SSSR count). The Morgan fingerprint density at radius 2 is 2.00 bits per heavy atom. The number of carbonyl (C=O) groups is 1. The predicted octanol–water partition coefficient (Wildman–Crippen LogP) is 2.77. The van der Waals surface area contributed by atoms with Crippen LogP contribution in [0.3, 0.4) is 0 Å². The number of esters is 1. The molecule has 3 heterocycles. The van der Waals surface area contributed by atoms with Gasteiger partial charge in [-0.2, -0.15) is 4.98 Å². The molecule has 1 saturated heterocycles. The lowest BCUT2D eigenvalue weighted by Crippen LogP contribution is -2.25. The Labute approximate surface area is 198 Å². The molecular formula is C23H27N5O5S. The first kappa shape index (κ1) is 23.8. The Kier molecular flexibility index (Phi) is 7.23. The lowest BCUT2D eigenvalue weighted by Gasteiger charge is -2.22. The quantitative estimate of drug-likeness (QED) is 0.333. The minimum absolute atomic E-state index is 0.0567. The monoisotopic (exact) mass is 485 g/mol. The van der Waals surface area contributed by atoms with Gasteiger partial charge in [0.1, 0.15) is 0 Å². The third kappa shape index (κ3) is 5.26. The molecule has 1 fully saturated rings. The highest BCUT2D eigenvalue weighted by atomic mass is 32.2. The normalized spacial score (nSPS) is 14.0. The molecule has 180 valence electrons.